The molecular weight excluding hydrogens is 371 g/mol. The Balaban J connectivity index is 1.87. The topological polar surface area (TPSA) is 64.0 Å². The molecule has 2 aromatic heterocycles. The molecule has 0 saturated heterocycles. The van der Waals surface area contributed by atoms with E-state index in [0.717, 1.165) is 12.3 Å². The van der Waals surface area contributed by atoms with Crippen LogP contribution in [0.15, 0.2) is 53.6 Å². The molecular formula is C17H11ClF3N3O2. The fourth-order valence-corrected chi connectivity index (χ4v) is 2.68. The van der Waals surface area contributed by atoms with Crippen LogP contribution >= 0.6 is 11.6 Å². The minimum Gasteiger partial charge on any atom is -0.324 e. The second-order valence-corrected chi connectivity index (χ2v) is 5.80. The first-order valence-corrected chi connectivity index (χ1v) is 7.75. The summed E-state index contributed by atoms with van der Waals surface area (Å²) in [6.45, 7) is -0.562. The van der Waals surface area contributed by atoms with Crippen molar-refractivity contribution >= 4 is 34.1 Å². The number of anilines is 1. The van der Waals surface area contributed by atoms with Gasteiger partial charge in [0.15, 0.2) is 0 Å². The molecule has 3 aromatic rings. The van der Waals surface area contributed by atoms with Gasteiger partial charge in [0.25, 0.3) is 5.56 Å². The number of benzene rings is 1. The molecule has 0 unspecified atom stereocenters. The van der Waals surface area contributed by atoms with Crippen LogP contribution in [-0.4, -0.2) is 15.5 Å². The van der Waals surface area contributed by atoms with Gasteiger partial charge < -0.3 is 9.88 Å². The summed E-state index contributed by atoms with van der Waals surface area (Å²) >= 11 is 6.05. The minimum atomic E-state index is -4.78. The van der Waals surface area contributed by atoms with Gasteiger partial charge in [0, 0.05) is 17.8 Å². The van der Waals surface area contributed by atoms with Crippen LogP contribution in [0.2, 0.25) is 5.02 Å². The first-order chi connectivity index (χ1) is 12.3. The maximum atomic E-state index is 12.8. The van der Waals surface area contributed by atoms with E-state index in [4.69, 9.17) is 11.6 Å². The number of carbonyl (C=O) groups is 1. The number of hydrogen-bond donors (Lipinski definition) is 1. The zero-order valence-corrected chi connectivity index (χ0v) is 13.8. The first-order valence-electron chi connectivity index (χ1n) is 7.37. The highest BCUT2D eigenvalue weighted by Crippen LogP contribution is 2.28. The number of hydrogen-bond acceptors (Lipinski definition) is 3. The number of nitrogens with one attached hydrogen (secondary N) is 1. The van der Waals surface area contributed by atoms with Crippen LogP contribution in [0.5, 0.6) is 0 Å². The molecule has 3 rings (SSSR count). The van der Waals surface area contributed by atoms with Crippen LogP contribution in [0.4, 0.5) is 18.9 Å². The van der Waals surface area contributed by atoms with E-state index in [2.05, 4.69) is 10.3 Å². The summed E-state index contributed by atoms with van der Waals surface area (Å²) in [6.07, 6.45) is -2.12. The molecule has 0 spiro atoms. The Morgan fingerprint density at radius 2 is 1.96 bits per heavy atom. The number of halogens is 4. The molecule has 134 valence electrons. The summed E-state index contributed by atoms with van der Waals surface area (Å²) in [5.74, 6) is -0.654. The zero-order valence-electron chi connectivity index (χ0n) is 13.0. The van der Waals surface area contributed by atoms with Crippen molar-refractivity contribution in [1.29, 1.82) is 0 Å². The van der Waals surface area contributed by atoms with E-state index in [1.54, 1.807) is 30.5 Å². The molecule has 0 aliphatic rings. The van der Waals surface area contributed by atoms with Crippen molar-refractivity contribution in [3.8, 4) is 0 Å². The molecule has 0 fully saturated rings. The quantitative estimate of drug-likeness (QED) is 0.752. The number of alkyl halides is 3. The zero-order chi connectivity index (χ0) is 18.9. The Kier molecular flexibility index (Phi) is 4.69. The molecule has 9 heteroatoms. The summed E-state index contributed by atoms with van der Waals surface area (Å²) in [5.41, 5.74) is -1.74. The standard InChI is InChI=1S/C17H11ClF3N3O2/c18-12-5-6-13(10-3-1-7-22-15(10)12)23-14(25)9-24-8-2-4-11(16(24)26)17(19,20)21/h1-8H,9H2,(H,23,25). The number of fused-ring (bicyclic) bond motifs is 1. The van der Waals surface area contributed by atoms with Gasteiger partial charge in [0.1, 0.15) is 12.1 Å². The van der Waals surface area contributed by atoms with Crippen LogP contribution in [0, 0.1) is 0 Å². The van der Waals surface area contributed by atoms with E-state index in [9.17, 15) is 22.8 Å². The third-order valence-electron chi connectivity index (χ3n) is 3.63. The highest BCUT2D eigenvalue weighted by atomic mass is 35.5. The smallest absolute Gasteiger partial charge is 0.324 e. The van der Waals surface area contributed by atoms with E-state index < -0.39 is 29.8 Å². The van der Waals surface area contributed by atoms with Crippen LogP contribution in [0.1, 0.15) is 5.56 Å². The molecule has 1 amide bonds. The van der Waals surface area contributed by atoms with E-state index in [0.29, 0.717) is 32.2 Å². The van der Waals surface area contributed by atoms with Crippen LogP contribution in [0.3, 0.4) is 0 Å². The maximum Gasteiger partial charge on any atom is 0.421 e. The highest BCUT2D eigenvalue weighted by molar-refractivity contribution is 6.35. The lowest BCUT2D eigenvalue weighted by atomic mass is 10.2. The molecule has 5 nitrogen and oxygen atoms in total. The van der Waals surface area contributed by atoms with Crippen LogP contribution < -0.4 is 10.9 Å². The normalized spacial score (nSPS) is 11.5. The monoisotopic (exact) mass is 381 g/mol. The average Bonchev–Trinajstić information content (AvgIpc) is 2.58. The van der Waals surface area contributed by atoms with Crippen LogP contribution in [-0.2, 0) is 17.5 Å². The van der Waals surface area contributed by atoms with Crippen molar-refractivity contribution < 1.29 is 18.0 Å². The van der Waals surface area contributed by atoms with E-state index >= 15 is 0 Å². The molecule has 26 heavy (non-hydrogen) atoms. The summed E-state index contributed by atoms with van der Waals surface area (Å²) in [6, 6.07) is 8.20. The Labute approximate surface area is 150 Å². The maximum absolute atomic E-state index is 12.8. The summed E-state index contributed by atoms with van der Waals surface area (Å²) < 4.78 is 39.1. The van der Waals surface area contributed by atoms with Gasteiger partial charge in [-0.15, -0.1) is 0 Å². The molecule has 0 aliphatic carbocycles. The third-order valence-corrected chi connectivity index (χ3v) is 3.94. The van der Waals surface area contributed by atoms with Gasteiger partial charge in [-0.05, 0) is 36.4 Å². The predicted molar refractivity (Wildman–Crippen MR) is 91.1 cm³/mol. The number of pyridine rings is 2. The second-order valence-electron chi connectivity index (χ2n) is 5.40. The molecule has 0 saturated carbocycles. The van der Waals surface area contributed by atoms with Crippen molar-refractivity contribution in [1.82, 2.24) is 9.55 Å². The molecule has 0 atom stereocenters. The molecule has 1 aromatic carbocycles. The second kappa shape index (κ2) is 6.80. The predicted octanol–water partition coefficient (Wildman–Crippen LogP) is 3.71. The SMILES string of the molecule is O=C(Cn1cccc(C(F)(F)F)c1=O)Nc1ccc(Cl)c2ncccc12. The molecule has 0 bridgehead atoms. The summed E-state index contributed by atoms with van der Waals surface area (Å²) in [5, 5.41) is 3.54. The lowest BCUT2D eigenvalue weighted by molar-refractivity contribution is -0.139. The molecule has 0 radical (unpaired) electrons. The van der Waals surface area contributed by atoms with Gasteiger partial charge in [-0.25, -0.2) is 0 Å². The Hall–Kier alpha value is -2.87. The third kappa shape index (κ3) is 3.55. The van der Waals surface area contributed by atoms with Crippen LogP contribution in [0.25, 0.3) is 10.9 Å². The fraction of sp³-hybridized carbons (Fsp3) is 0.118. The van der Waals surface area contributed by atoms with Gasteiger partial charge in [0.2, 0.25) is 5.91 Å². The van der Waals surface area contributed by atoms with Gasteiger partial charge in [0.05, 0.1) is 16.2 Å². The number of carbonyl (C=O) groups excluding carboxylic acids is 1. The first kappa shape index (κ1) is 17.9. The fourth-order valence-electron chi connectivity index (χ4n) is 2.47. The van der Waals surface area contributed by atoms with Gasteiger partial charge in [-0.2, -0.15) is 13.2 Å². The van der Waals surface area contributed by atoms with E-state index in [-0.39, 0.29) is 0 Å². The number of rotatable bonds is 3. The average molecular weight is 382 g/mol. The molecule has 2 heterocycles. The number of amides is 1. The van der Waals surface area contributed by atoms with Gasteiger partial charge in [-0.3, -0.25) is 14.6 Å². The van der Waals surface area contributed by atoms with Crippen molar-refractivity contribution in [2.24, 2.45) is 0 Å². The Bertz CT molecular complexity index is 1050. The van der Waals surface area contributed by atoms with Gasteiger partial charge in [-0.1, -0.05) is 11.6 Å². The van der Waals surface area contributed by atoms with E-state index in [1.165, 1.54) is 0 Å². The van der Waals surface area contributed by atoms with Crippen molar-refractivity contribution in [2.75, 3.05) is 5.32 Å². The van der Waals surface area contributed by atoms with Crippen molar-refractivity contribution in [3.63, 3.8) is 0 Å². The largest absolute Gasteiger partial charge is 0.421 e. The Morgan fingerprint density at radius 3 is 2.69 bits per heavy atom. The number of nitrogens with zero attached hydrogens (tertiary/aromatic N) is 2. The summed E-state index contributed by atoms with van der Waals surface area (Å²) in [7, 11) is 0. The Morgan fingerprint density at radius 1 is 1.19 bits per heavy atom. The number of aromatic nitrogens is 2. The van der Waals surface area contributed by atoms with Gasteiger partial charge >= 0.3 is 6.18 Å². The molecule has 0 aliphatic heterocycles. The lowest BCUT2D eigenvalue weighted by Gasteiger charge is -2.12. The lowest BCUT2D eigenvalue weighted by Crippen LogP contribution is -2.31. The molecule has 1 N–H and O–H groups in total. The van der Waals surface area contributed by atoms with Crippen molar-refractivity contribution in [2.45, 2.75) is 12.7 Å². The highest BCUT2D eigenvalue weighted by Gasteiger charge is 2.34. The minimum absolute atomic E-state index is 0.391. The summed E-state index contributed by atoms with van der Waals surface area (Å²) in [4.78, 5) is 28.2. The van der Waals surface area contributed by atoms with E-state index in [1.807, 2.05) is 0 Å². The van der Waals surface area contributed by atoms with Crippen molar-refractivity contribution in [3.05, 3.63) is 69.7 Å².